The van der Waals surface area contributed by atoms with Crippen LogP contribution in [0.3, 0.4) is 0 Å². The van der Waals surface area contributed by atoms with Gasteiger partial charge in [0.1, 0.15) is 5.01 Å². The quantitative estimate of drug-likeness (QED) is 0.832. The monoisotopic (exact) mass is 366 g/mol. The van der Waals surface area contributed by atoms with Crippen molar-refractivity contribution in [1.29, 1.82) is 0 Å². The molecule has 0 aliphatic carbocycles. The maximum absolute atomic E-state index is 11.7. The number of benzene rings is 1. The first kappa shape index (κ1) is 17.4. The summed E-state index contributed by atoms with van der Waals surface area (Å²) in [4.78, 5) is 8.41. The van der Waals surface area contributed by atoms with Crippen LogP contribution >= 0.6 is 11.3 Å². The summed E-state index contributed by atoms with van der Waals surface area (Å²) < 4.78 is 28.7. The first-order valence-electron chi connectivity index (χ1n) is 7.91. The molecule has 1 aromatic heterocycles. The Kier molecular flexibility index (Phi) is 4.94. The zero-order chi connectivity index (χ0) is 17.3. The molecule has 0 spiro atoms. The highest BCUT2D eigenvalue weighted by atomic mass is 32.2. The minimum absolute atomic E-state index is 0.412. The molecule has 0 atom stereocenters. The fourth-order valence-electron chi connectivity index (χ4n) is 3.02. The Morgan fingerprint density at radius 1 is 1.25 bits per heavy atom. The number of thiazole rings is 1. The highest BCUT2D eigenvalue weighted by Gasteiger charge is 2.18. The third-order valence-corrected chi connectivity index (χ3v) is 6.40. The average molecular weight is 367 g/mol. The molecule has 1 aliphatic rings. The molecule has 5 nitrogen and oxygen atoms in total. The fourth-order valence-corrected chi connectivity index (χ4v) is 4.64. The summed E-state index contributed by atoms with van der Waals surface area (Å²) in [6.07, 6.45) is 3.05. The molecule has 0 unspecified atom stereocenters. The lowest BCUT2D eigenvalue weighted by Crippen LogP contribution is -2.25. The van der Waals surface area contributed by atoms with Crippen molar-refractivity contribution in [2.75, 3.05) is 26.5 Å². The lowest BCUT2D eigenvalue weighted by Gasteiger charge is -2.17. The highest BCUT2D eigenvalue weighted by molar-refractivity contribution is 7.90. The average Bonchev–Trinajstić information content (AvgIpc) is 2.75. The van der Waals surface area contributed by atoms with Gasteiger partial charge in [-0.3, -0.25) is 4.90 Å². The normalized spacial score (nSPS) is 15.8. The summed E-state index contributed by atoms with van der Waals surface area (Å²) in [5.74, 6) is 0.714. The molecule has 0 saturated carbocycles. The molecule has 24 heavy (non-hydrogen) atoms. The molecule has 0 radical (unpaired) electrons. The minimum atomic E-state index is -3.15. The van der Waals surface area contributed by atoms with Crippen LogP contribution in [0.25, 0.3) is 0 Å². The van der Waals surface area contributed by atoms with Crippen molar-refractivity contribution >= 4 is 21.2 Å². The van der Waals surface area contributed by atoms with E-state index in [0.29, 0.717) is 10.8 Å². The van der Waals surface area contributed by atoms with E-state index in [1.807, 2.05) is 19.1 Å². The summed E-state index contributed by atoms with van der Waals surface area (Å²) in [6.45, 7) is 4.68. The van der Waals surface area contributed by atoms with E-state index in [-0.39, 0.29) is 0 Å². The summed E-state index contributed by atoms with van der Waals surface area (Å²) in [6, 6.07) is 5.52. The van der Waals surface area contributed by atoms with Crippen LogP contribution in [-0.4, -0.2) is 44.8 Å². The standard InChI is InChI=1S/C17H22N2O3S2/c1-12-17(22-2)18-16(23-12)11-19-8-6-13-4-5-15(24(3,20)21)10-14(13)7-9-19/h4-5,10H,6-9,11H2,1-3H3. The lowest BCUT2D eigenvalue weighted by atomic mass is 10.0. The molecule has 0 saturated heterocycles. The van der Waals surface area contributed by atoms with E-state index < -0.39 is 9.84 Å². The Balaban J connectivity index is 1.73. The van der Waals surface area contributed by atoms with Gasteiger partial charge >= 0.3 is 0 Å². The number of ether oxygens (including phenoxy) is 1. The van der Waals surface area contributed by atoms with Crippen molar-refractivity contribution < 1.29 is 13.2 Å². The largest absolute Gasteiger partial charge is 0.480 e. The van der Waals surface area contributed by atoms with Crippen molar-refractivity contribution in [3.63, 3.8) is 0 Å². The molecule has 0 fully saturated rings. The van der Waals surface area contributed by atoms with Gasteiger partial charge in [0.05, 0.1) is 23.4 Å². The van der Waals surface area contributed by atoms with Crippen LogP contribution in [0, 0.1) is 6.92 Å². The summed E-state index contributed by atoms with van der Waals surface area (Å²) in [5.41, 5.74) is 2.39. The van der Waals surface area contributed by atoms with Gasteiger partial charge in [0.25, 0.3) is 0 Å². The van der Waals surface area contributed by atoms with E-state index in [9.17, 15) is 8.42 Å². The molecule has 2 heterocycles. The molecule has 1 aliphatic heterocycles. The number of aromatic nitrogens is 1. The second-order valence-corrected chi connectivity index (χ2v) is 9.46. The Morgan fingerprint density at radius 2 is 1.96 bits per heavy atom. The van der Waals surface area contributed by atoms with Gasteiger partial charge in [-0.15, -0.1) is 11.3 Å². The van der Waals surface area contributed by atoms with Gasteiger partial charge in [0, 0.05) is 19.3 Å². The molecule has 130 valence electrons. The maximum atomic E-state index is 11.7. The number of methoxy groups -OCH3 is 1. The molecule has 1 aromatic carbocycles. The highest BCUT2D eigenvalue weighted by Crippen LogP contribution is 2.26. The Morgan fingerprint density at radius 3 is 2.58 bits per heavy atom. The lowest BCUT2D eigenvalue weighted by molar-refractivity contribution is 0.277. The van der Waals surface area contributed by atoms with Gasteiger partial charge in [-0.05, 0) is 43.0 Å². The van der Waals surface area contributed by atoms with Gasteiger partial charge in [0.2, 0.25) is 5.88 Å². The van der Waals surface area contributed by atoms with Gasteiger partial charge in [-0.2, -0.15) is 0 Å². The fraction of sp³-hybridized carbons (Fsp3) is 0.471. The van der Waals surface area contributed by atoms with E-state index in [0.717, 1.165) is 47.9 Å². The summed E-state index contributed by atoms with van der Waals surface area (Å²) in [5, 5.41) is 1.06. The van der Waals surface area contributed by atoms with Gasteiger partial charge < -0.3 is 4.74 Å². The summed E-state index contributed by atoms with van der Waals surface area (Å²) >= 11 is 1.67. The van der Waals surface area contributed by atoms with Crippen LogP contribution in [0.15, 0.2) is 23.1 Å². The molecular formula is C17H22N2O3S2. The molecule has 0 N–H and O–H groups in total. The van der Waals surface area contributed by atoms with Crippen molar-refractivity contribution in [1.82, 2.24) is 9.88 Å². The number of rotatable bonds is 4. The van der Waals surface area contributed by atoms with Crippen LogP contribution in [0.1, 0.15) is 21.0 Å². The molecule has 0 amide bonds. The molecular weight excluding hydrogens is 344 g/mol. The SMILES string of the molecule is COc1nc(CN2CCc3ccc(S(C)(=O)=O)cc3CC2)sc1C. The number of sulfone groups is 1. The summed E-state index contributed by atoms with van der Waals surface area (Å²) in [7, 11) is -1.50. The zero-order valence-corrected chi connectivity index (χ0v) is 15.8. The van der Waals surface area contributed by atoms with Crippen molar-refractivity contribution in [3.8, 4) is 5.88 Å². The Labute approximate surface area is 147 Å². The van der Waals surface area contributed by atoms with Crippen molar-refractivity contribution in [2.24, 2.45) is 0 Å². The van der Waals surface area contributed by atoms with Gasteiger partial charge in [-0.25, -0.2) is 13.4 Å². The smallest absolute Gasteiger partial charge is 0.227 e. The van der Waals surface area contributed by atoms with Crippen molar-refractivity contribution in [3.05, 3.63) is 39.2 Å². The zero-order valence-electron chi connectivity index (χ0n) is 14.2. The number of hydrogen-bond donors (Lipinski definition) is 0. The predicted molar refractivity (Wildman–Crippen MR) is 95.6 cm³/mol. The van der Waals surface area contributed by atoms with Crippen LogP contribution in [0.5, 0.6) is 5.88 Å². The topological polar surface area (TPSA) is 59.5 Å². The molecule has 2 aromatic rings. The van der Waals surface area contributed by atoms with Gasteiger partial charge in [-0.1, -0.05) is 6.07 Å². The third kappa shape index (κ3) is 3.79. The van der Waals surface area contributed by atoms with Crippen LogP contribution < -0.4 is 4.74 Å². The van der Waals surface area contributed by atoms with Crippen LogP contribution in [-0.2, 0) is 29.2 Å². The number of hydrogen-bond acceptors (Lipinski definition) is 6. The first-order valence-corrected chi connectivity index (χ1v) is 10.6. The minimum Gasteiger partial charge on any atom is -0.480 e. The Bertz CT molecular complexity index is 844. The van der Waals surface area contributed by atoms with E-state index in [1.165, 1.54) is 11.8 Å². The maximum Gasteiger partial charge on any atom is 0.227 e. The van der Waals surface area contributed by atoms with E-state index >= 15 is 0 Å². The molecule has 3 rings (SSSR count). The number of nitrogens with zero attached hydrogens (tertiary/aromatic N) is 2. The number of fused-ring (bicyclic) bond motifs is 1. The van der Waals surface area contributed by atoms with E-state index in [2.05, 4.69) is 9.88 Å². The second kappa shape index (κ2) is 6.82. The van der Waals surface area contributed by atoms with E-state index in [4.69, 9.17) is 4.74 Å². The van der Waals surface area contributed by atoms with Crippen LogP contribution in [0.4, 0.5) is 0 Å². The molecule has 0 bridgehead atoms. The first-order chi connectivity index (χ1) is 11.4. The predicted octanol–water partition coefficient (Wildman–Crippen LogP) is 2.46. The Hall–Kier alpha value is -1.44. The second-order valence-electron chi connectivity index (χ2n) is 6.15. The van der Waals surface area contributed by atoms with Crippen molar-refractivity contribution in [2.45, 2.75) is 31.2 Å². The molecule has 7 heteroatoms. The third-order valence-electron chi connectivity index (χ3n) is 4.35. The van der Waals surface area contributed by atoms with E-state index in [1.54, 1.807) is 24.5 Å². The number of aryl methyl sites for hydroxylation is 1. The van der Waals surface area contributed by atoms with Crippen LogP contribution in [0.2, 0.25) is 0 Å². The van der Waals surface area contributed by atoms with Gasteiger partial charge in [0.15, 0.2) is 9.84 Å².